The Hall–Kier alpha value is -1.75. The molecule has 3 rings (SSSR count). The highest BCUT2D eigenvalue weighted by atomic mass is 35.5. The van der Waals surface area contributed by atoms with E-state index in [2.05, 4.69) is 5.32 Å². The Balaban J connectivity index is 1.95. The average Bonchev–Trinajstić information content (AvgIpc) is 2.84. The Morgan fingerprint density at radius 1 is 1.18 bits per heavy atom. The maximum atomic E-state index is 12.4. The number of fused-ring (bicyclic) bond motifs is 1. The van der Waals surface area contributed by atoms with Crippen molar-refractivity contribution in [1.29, 1.82) is 0 Å². The predicted octanol–water partition coefficient (Wildman–Crippen LogP) is 5.47. The molecule has 0 unspecified atom stereocenters. The number of benzene rings is 2. The fourth-order valence-electron chi connectivity index (χ4n) is 2.07. The van der Waals surface area contributed by atoms with Crippen molar-refractivity contribution in [2.75, 3.05) is 12.4 Å². The molecule has 1 aromatic heterocycles. The second-order valence-electron chi connectivity index (χ2n) is 4.57. The van der Waals surface area contributed by atoms with Gasteiger partial charge in [0.2, 0.25) is 0 Å². The number of anilines is 1. The number of thiophene rings is 1. The molecule has 0 aliphatic rings. The fraction of sp³-hybridized carbons (Fsp3) is 0.0625. The molecular formula is C16H11Cl2NO2S. The van der Waals surface area contributed by atoms with Gasteiger partial charge in [0.25, 0.3) is 5.91 Å². The van der Waals surface area contributed by atoms with Crippen molar-refractivity contribution in [2.45, 2.75) is 0 Å². The number of hydrogen-bond donors (Lipinski definition) is 1. The summed E-state index contributed by atoms with van der Waals surface area (Å²) in [6.45, 7) is 0. The molecular weight excluding hydrogens is 341 g/mol. The van der Waals surface area contributed by atoms with Crippen LogP contribution in [0.2, 0.25) is 10.0 Å². The average molecular weight is 352 g/mol. The number of hydrogen-bond acceptors (Lipinski definition) is 3. The van der Waals surface area contributed by atoms with Crippen LogP contribution in [-0.2, 0) is 0 Å². The molecule has 0 radical (unpaired) electrons. The van der Waals surface area contributed by atoms with Crippen molar-refractivity contribution >= 4 is 56.2 Å². The summed E-state index contributed by atoms with van der Waals surface area (Å²) in [4.78, 5) is 12.9. The minimum atomic E-state index is -0.257. The van der Waals surface area contributed by atoms with Gasteiger partial charge < -0.3 is 10.1 Å². The summed E-state index contributed by atoms with van der Waals surface area (Å²) in [7, 11) is 1.60. The summed E-state index contributed by atoms with van der Waals surface area (Å²) >= 11 is 13.6. The van der Waals surface area contributed by atoms with Gasteiger partial charge in [-0.15, -0.1) is 11.3 Å². The Kier molecular flexibility index (Phi) is 4.25. The molecule has 0 atom stereocenters. The third-order valence-electron chi connectivity index (χ3n) is 3.13. The van der Waals surface area contributed by atoms with Crippen LogP contribution in [-0.4, -0.2) is 13.0 Å². The van der Waals surface area contributed by atoms with E-state index in [0.29, 0.717) is 20.6 Å². The molecule has 0 aliphatic heterocycles. The molecule has 0 spiro atoms. The van der Waals surface area contributed by atoms with Crippen molar-refractivity contribution < 1.29 is 9.53 Å². The maximum Gasteiger partial charge on any atom is 0.267 e. The summed E-state index contributed by atoms with van der Waals surface area (Å²) in [6.07, 6.45) is 0. The zero-order chi connectivity index (χ0) is 15.7. The van der Waals surface area contributed by atoms with Crippen LogP contribution in [0.1, 0.15) is 9.67 Å². The van der Waals surface area contributed by atoms with Crippen molar-refractivity contribution in [2.24, 2.45) is 0 Å². The van der Waals surface area contributed by atoms with E-state index < -0.39 is 0 Å². The summed E-state index contributed by atoms with van der Waals surface area (Å²) < 4.78 is 6.09. The lowest BCUT2D eigenvalue weighted by Crippen LogP contribution is -2.10. The van der Waals surface area contributed by atoms with Crippen molar-refractivity contribution in [3.05, 3.63) is 57.4 Å². The molecule has 1 amide bonds. The summed E-state index contributed by atoms with van der Waals surface area (Å²) in [6, 6.07) is 12.5. The van der Waals surface area contributed by atoms with Crippen LogP contribution in [0.3, 0.4) is 0 Å². The molecule has 1 N–H and O–H groups in total. The first-order valence-electron chi connectivity index (χ1n) is 6.41. The van der Waals surface area contributed by atoms with Gasteiger partial charge in [0.1, 0.15) is 10.6 Å². The first-order chi connectivity index (χ1) is 10.6. The van der Waals surface area contributed by atoms with Gasteiger partial charge in [0.15, 0.2) is 0 Å². The Labute approximate surface area is 141 Å². The first-order valence-corrected chi connectivity index (χ1v) is 7.98. The molecule has 3 aromatic rings. The van der Waals surface area contributed by atoms with E-state index in [1.54, 1.807) is 31.4 Å². The number of ether oxygens (including phenoxy) is 1. The molecule has 0 aliphatic carbocycles. The van der Waals surface area contributed by atoms with Gasteiger partial charge in [0, 0.05) is 20.8 Å². The fourth-order valence-corrected chi connectivity index (χ4v) is 3.70. The van der Waals surface area contributed by atoms with Crippen LogP contribution < -0.4 is 10.1 Å². The molecule has 2 aromatic carbocycles. The molecule has 112 valence electrons. The second kappa shape index (κ2) is 6.16. The minimum absolute atomic E-state index is 0.257. The zero-order valence-electron chi connectivity index (χ0n) is 11.5. The third-order valence-corrected chi connectivity index (χ3v) is 5.02. The lowest BCUT2D eigenvalue weighted by Gasteiger charge is -2.04. The van der Waals surface area contributed by atoms with Gasteiger partial charge in [-0.05, 0) is 36.4 Å². The van der Waals surface area contributed by atoms with Gasteiger partial charge in [0.05, 0.1) is 12.1 Å². The highest BCUT2D eigenvalue weighted by Gasteiger charge is 2.17. The van der Waals surface area contributed by atoms with E-state index in [-0.39, 0.29) is 5.91 Å². The Morgan fingerprint density at radius 3 is 2.73 bits per heavy atom. The number of carbonyl (C=O) groups excluding carboxylic acids is 1. The zero-order valence-corrected chi connectivity index (χ0v) is 13.9. The van der Waals surface area contributed by atoms with Crippen LogP contribution in [0, 0.1) is 0 Å². The van der Waals surface area contributed by atoms with Crippen molar-refractivity contribution in [1.82, 2.24) is 0 Å². The highest BCUT2D eigenvalue weighted by Crippen LogP contribution is 2.37. The molecule has 0 saturated heterocycles. The number of methoxy groups -OCH3 is 1. The van der Waals surface area contributed by atoms with Gasteiger partial charge in [-0.25, -0.2) is 0 Å². The highest BCUT2D eigenvalue weighted by molar-refractivity contribution is 7.21. The van der Waals surface area contributed by atoms with Crippen LogP contribution in [0.25, 0.3) is 10.1 Å². The van der Waals surface area contributed by atoms with Gasteiger partial charge >= 0.3 is 0 Å². The SMILES string of the molecule is COc1ccc2c(Cl)c(C(=O)Nc3cccc(Cl)c3)sc2c1. The van der Waals surface area contributed by atoms with Crippen LogP contribution in [0.4, 0.5) is 5.69 Å². The van der Waals surface area contributed by atoms with Crippen LogP contribution in [0.5, 0.6) is 5.75 Å². The summed E-state index contributed by atoms with van der Waals surface area (Å²) in [5.74, 6) is 0.472. The van der Waals surface area contributed by atoms with E-state index in [4.69, 9.17) is 27.9 Å². The minimum Gasteiger partial charge on any atom is -0.497 e. The Morgan fingerprint density at radius 2 is 2.00 bits per heavy atom. The summed E-state index contributed by atoms with van der Waals surface area (Å²) in [5, 5.41) is 4.64. The van der Waals surface area contributed by atoms with E-state index in [1.807, 2.05) is 18.2 Å². The molecule has 0 fully saturated rings. The van der Waals surface area contributed by atoms with Gasteiger partial charge in [-0.1, -0.05) is 29.3 Å². The third kappa shape index (κ3) is 2.90. The van der Waals surface area contributed by atoms with E-state index in [1.165, 1.54) is 11.3 Å². The molecule has 22 heavy (non-hydrogen) atoms. The number of amides is 1. The summed E-state index contributed by atoms with van der Waals surface area (Å²) in [5.41, 5.74) is 0.628. The second-order valence-corrected chi connectivity index (χ2v) is 6.44. The van der Waals surface area contributed by atoms with E-state index >= 15 is 0 Å². The lowest BCUT2D eigenvalue weighted by atomic mass is 10.2. The van der Waals surface area contributed by atoms with Crippen LogP contribution >= 0.6 is 34.5 Å². The standard InChI is InChI=1S/C16H11Cl2NO2S/c1-21-11-5-6-12-13(8-11)22-15(14(12)18)16(20)19-10-4-2-3-9(17)7-10/h2-8H,1H3,(H,19,20). The lowest BCUT2D eigenvalue weighted by molar-refractivity contribution is 0.103. The molecule has 0 saturated carbocycles. The van der Waals surface area contributed by atoms with Crippen LogP contribution in [0.15, 0.2) is 42.5 Å². The quantitative estimate of drug-likeness (QED) is 0.679. The monoisotopic (exact) mass is 351 g/mol. The number of halogens is 2. The topological polar surface area (TPSA) is 38.3 Å². The Bertz CT molecular complexity index is 860. The molecule has 6 heteroatoms. The van der Waals surface area contributed by atoms with Crippen molar-refractivity contribution in [3.63, 3.8) is 0 Å². The molecule has 0 bridgehead atoms. The maximum absolute atomic E-state index is 12.4. The number of nitrogens with one attached hydrogen (secondary N) is 1. The first kappa shape index (κ1) is 15.2. The van der Waals surface area contributed by atoms with E-state index in [9.17, 15) is 4.79 Å². The number of rotatable bonds is 3. The molecule has 1 heterocycles. The number of carbonyl (C=O) groups is 1. The van der Waals surface area contributed by atoms with Gasteiger partial charge in [-0.2, -0.15) is 0 Å². The predicted molar refractivity (Wildman–Crippen MR) is 92.8 cm³/mol. The largest absolute Gasteiger partial charge is 0.497 e. The normalized spacial score (nSPS) is 10.7. The van der Waals surface area contributed by atoms with E-state index in [0.717, 1.165) is 15.8 Å². The smallest absolute Gasteiger partial charge is 0.267 e. The van der Waals surface area contributed by atoms with Crippen molar-refractivity contribution in [3.8, 4) is 5.75 Å². The van der Waals surface area contributed by atoms with Gasteiger partial charge in [-0.3, -0.25) is 4.79 Å². The molecule has 3 nitrogen and oxygen atoms in total.